The van der Waals surface area contributed by atoms with Crippen molar-refractivity contribution in [2.45, 2.75) is 33.6 Å². The van der Waals surface area contributed by atoms with E-state index in [4.69, 9.17) is 4.74 Å². The van der Waals surface area contributed by atoms with Crippen molar-refractivity contribution in [3.8, 4) is 5.75 Å². The van der Waals surface area contributed by atoms with E-state index in [1.165, 1.54) is 5.56 Å². The monoisotopic (exact) mass is 423 g/mol. The average Bonchev–Trinajstić information content (AvgIpc) is 2.78. The molecule has 0 bridgehead atoms. The Morgan fingerprint density at radius 3 is 2.19 bits per heavy atom. The number of anilines is 2. The zero-order valence-electron chi connectivity index (χ0n) is 18.9. The maximum atomic E-state index is 12.5. The summed E-state index contributed by atoms with van der Waals surface area (Å²) in [6.45, 7) is 11.0. The molecule has 2 amide bonds. The third-order valence-electron chi connectivity index (χ3n) is 5.52. The van der Waals surface area contributed by atoms with Gasteiger partial charge in [0, 0.05) is 32.1 Å². The Hall–Kier alpha value is -3.02. The fourth-order valence-corrected chi connectivity index (χ4v) is 3.67. The maximum Gasteiger partial charge on any atom is 0.262 e. The van der Waals surface area contributed by atoms with Gasteiger partial charge in [-0.05, 0) is 35.7 Å². The van der Waals surface area contributed by atoms with Crippen LogP contribution in [0.5, 0.6) is 5.75 Å². The molecule has 1 saturated heterocycles. The van der Waals surface area contributed by atoms with Crippen LogP contribution < -0.4 is 15.0 Å². The lowest BCUT2D eigenvalue weighted by molar-refractivity contribution is -0.134. The highest BCUT2D eigenvalue weighted by Gasteiger charge is 2.24. The molecule has 0 aliphatic carbocycles. The van der Waals surface area contributed by atoms with Gasteiger partial charge in [0.1, 0.15) is 5.75 Å². The predicted octanol–water partition coefficient (Wildman–Crippen LogP) is 4.13. The van der Waals surface area contributed by atoms with Gasteiger partial charge >= 0.3 is 0 Å². The third kappa shape index (κ3) is 6.00. The fraction of sp³-hybridized carbons (Fsp3) is 0.440. The molecule has 0 aromatic heterocycles. The molecule has 166 valence electrons. The number of nitrogens with zero attached hydrogens (tertiary/aromatic N) is 2. The first-order chi connectivity index (χ1) is 14.8. The minimum atomic E-state index is -0.200. The van der Waals surface area contributed by atoms with Crippen LogP contribution in [0.15, 0.2) is 48.5 Å². The highest BCUT2D eigenvalue weighted by atomic mass is 16.5. The molecule has 0 atom stereocenters. The topological polar surface area (TPSA) is 61.9 Å². The SMILES string of the molecule is CC(C)C(=O)N1CCN(c2ccccc2NC(=O)COc2ccc(C(C)C)cc2)CC1. The number of ether oxygens (including phenoxy) is 1. The number of nitrogens with one attached hydrogen (secondary N) is 1. The molecule has 31 heavy (non-hydrogen) atoms. The van der Waals surface area contributed by atoms with Crippen molar-refractivity contribution in [1.82, 2.24) is 4.90 Å². The van der Waals surface area contributed by atoms with E-state index in [1.54, 1.807) is 0 Å². The van der Waals surface area contributed by atoms with Gasteiger partial charge in [-0.3, -0.25) is 9.59 Å². The number of rotatable bonds is 7. The molecular weight excluding hydrogens is 390 g/mol. The standard InChI is InChI=1S/C25H33N3O3/c1-18(2)20-9-11-21(12-10-20)31-17-24(29)26-22-7-5-6-8-23(22)27-13-15-28(16-14-27)25(30)19(3)4/h5-12,18-19H,13-17H2,1-4H3,(H,26,29). The Labute approximate surface area is 185 Å². The Morgan fingerprint density at radius 1 is 0.935 bits per heavy atom. The summed E-state index contributed by atoms with van der Waals surface area (Å²) in [5.74, 6) is 1.14. The van der Waals surface area contributed by atoms with Gasteiger partial charge in [0.25, 0.3) is 5.91 Å². The molecule has 1 aliphatic rings. The lowest BCUT2D eigenvalue weighted by Gasteiger charge is -2.37. The highest BCUT2D eigenvalue weighted by molar-refractivity contribution is 5.95. The van der Waals surface area contributed by atoms with Gasteiger partial charge in [0.05, 0.1) is 11.4 Å². The Kier molecular flexibility index (Phi) is 7.55. The van der Waals surface area contributed by atoms with Crippen LogP contribution in [-0.4, -0.2) is 49.5 Å². The summed E-state index contributed by atoms with van der Waals surface area (Å²) in [5.41, 5.74) is 2.96. The summed E-state index contributed by atoms with van der Waals surface area (Å²) in [4.78, 5) is 28.9. The Bertz CT molecular complexity index is 885. The first kappa shape index (κ1) is 22.7. The normalized spacial score (nSPS) is 14.1. The number of carbonyl (C=O) groups is 2. The first-order valence-corrected chi connectivity index (χ1v) is 11.0. The Balaban J connectivity index is 1.56. The maximum absolute atomic E-state index is 12.5. The van der Waals surface area contributed by atoms with Crippen LogP contribution in [0.3, 0.4) is 0 Å². The van der Waals surface area contributed by atoms with Crippen LogP contribution in [-0.2, 0) is 9.59 Å². The van der Waals surface area contributed by atoms with Crippen LogP contribution in [0.4, 0.5) is 11.4 Å². The van der Waals surface area contributed by atoms with Crippen molar-refractivity contribution < 1.29 is 14.3 Å². The molecule has 0 radical (unpaired) electrons. The van der Waals surface area contributed by atoms with E-state index in [2.05, 4.69) is 24.1 Å². The molecule has 6 nitrogen and oxygen atoms in total. The molecule has 1 aliphatic heterocycles. The van der Waals surface area contributed by atoms with Crippen LogP contribution in [0.2, 0.25) is 0 Å². The van der Waals surface area contributed by atoms with E-state index in [9.17, 15) is 9.59 Å². The fourth-order valence-electron chi connectivity index (χ4n) is 3.67. The van der Waals surface area contributed by atoms with E-state index in [0.717, 1.165) is 24.5 Å². The number of hydrogen-bond acceptors (Lipinski definition) is 4. The number of hydrogen-bond donors (Lipinski definition) is 1. The molecular formula is C25H33N3O3. The smallest absolute Gasteiger partial charge is 0.262 e. The minimum absolute atomic E-state index is 0.0136. The van der Waals surface area contributed by atoms with Crippen LogP contribution >= 0.6 is 0 Å². The zero-order valence-corrected chi connectivity index (χ0v) is 18.9. The van der Waals surface area contributed by atoms with Crippen molar-refractivity contribution in [3.63, 3.8) is 0 Å². The predicted molar refractivity (Wildman–Crippen MR) is 125 cm³/mol. The Morgan fingerprint density at radius 2 is 1.58 bits per heavy atom. The molecule has 0 spiro atoms. The summed E-state index contributed by atoms with van der Waals surface area (Å²) in [6, 6.07) is 15.6. The number of para-hydroxylation sites is 2. The molecule has 0 saturated carbocycles. The molecule has 3 rings (SSSR count). The second kappa shape index (κ2) is 10.3. The molecule has 1 N–H and O–H groups in total. The van der Waals surface area contributed by atoms with E-state index in [-0.39, 0.29) is 24.3 Å². The first-order valence-electron chi connectivity index (χ1n) is 11.0. The minimum Gasteiger partial charge on any atom is -0.484 e. The summed E-state index contributed by atoms with van der Waals surface area (Å²) in [5, 5.41) is 2.97. The number of carbonyl (C=O) groups excluding carboxylic acids is 2. The lowest BCUT2D eigenvalue weighted by Crippen LogP contribution is -2.50. The lowest BCUT2D eigenvalue weighted by atomic mass is 10.0. The zero-order chi connectivity index (χ0) is 22.4. The van der Waals surface area contributed by atoms with E-state index >= 15 is 0 Å². The van der Waals surface area contributed by atoms with Crippen LogP contribution in [0.25, 0.3) is 0 Å². The van der Waals surface area contributed by atoms with Gasteiger partial charge in [-0.15, -0.1) is 0 Å². The number of piperazine rings is 1. The van der Waals surface area contributed by atoms with Crippen molar-refractivity contribution >= 4 is 23.2 Å². The molecule has 2 aromatic rings. The largest absolute Gasteiger partial charge is 0.484 e. The van der Waals surface area contributed by atoms with Gasteiger partial charge in [0.15, 0.2) is 6.61 Å². The van der Waals surface area contributed by atoms with E-state index in [1.807, 2.05) is 67.3 Å². The van der Waals surface area contributed by atoms with Crippen molar-refractivity contribution in [1.29, 1.82) is 0 Å². The number of benzene rings is 2. The summed E-state index contributed by atoms with van der Waals surface area (Å²) < 4.78 is 5.65. The van der Waals surface area contributed by atoms with Crippen molar-refractivity contribution in [3.05, 3.63) is 54.1 Å². The number of amides is 2. The molecule has 2 aromatic carbocycles. The molecule has 1 fully saturated rings. The van der Waals surface area contributed by atoms with Crippen LogP contribution in [0.1, 0.15) is 39.2 Å². The van der Waals surface area contributed by atoms with Gasteiger partial charge in [-0.1, -0.05) is 52.0 Å². The van der Waals surface area contributed by atoms with Crippen molar-refractivity contribution in [2.75, 3.05) is 43.0 Å². The summed E-state index contributed by atoms with van der Waals surface area (Å²) in [7, 11) is 0. The van der Waals surface area contributed by atoms with Gasteiger partial charge < -0.3 is 19.9 Å². The third-order valence-corrected chi connectivity index (χ3v) is 5.52. The summed E-state index contributed by atoms with van der Waals surface area (Å²) >= 11 is 0. The molecule has 0 unspecified atom stereocenters. The van der Waals surface area contributed by atoms with E-state index in [0.29, 0.717) is 24.8 Å². The van der Waals surface area contributed by atoms with Gasteiger partial charge in [-0.2, -0.15) is 0 Å². The average molecular weight is 424 g/mol. The second-order valence-corrected chi connectivity index (χ2v) is 8.54. The van der Waals surface area contributed by atoms with Gasteiger partial charge in [-0.25, -0.2) is 0 Å². The van der Waals surface area contributed by atoms with E-state index < -0.39 is 0 Å². The summed E-state index contributed by atoms with van der Waals surface area (Å²) in [6.07, 6.45) is 0. The van der Waals surface area contributed by atoms with Crippen LogP contribution in [0, 0.1) is 5.92 Å². The van der Waals surface area contributed by atoms with Gasteiger partial charge in [0.2, 0.25) is 5.91 Å². The quantitative estimate of drug-likeness (QED) is 0.727. The molecule has 6 heteroatoms. The van der Waals surface area contributed by atoms with Crippen molar-refractivity contribution in [2.24, 2.45) is 5.92 Å². The molecule has 1 heterocycles. The highest BCUT2D eigenvalue weighted by Crippen LogP contribution is 2.27. The second-order valence-electron chi connectivity index (χ2n) is 8.54.